The molecular weight excluding hydrogens is 502 g/mol. The molecule has 0 saturated carbocycles. The van der Waals surface area contributed by atoms with Crippen molar-refractivity contribution in [3.8, 4) is 5.75 Å². The number of primary amides is 1. The summed E-state index contributed by atoms with van der Waals surface area (Å²) in [4.78, 5) is 72.4. The average molecular weight is 538 g/mol. The van der Waals surface area contributed by atoms with Crippen molar-refractivity contribution in [2.45, 2.75) is 70.1 Å². The highest BCUT2D eigenvalue weighted by molar-refractivity contribution is 5.94. The van der Waals surface area contributed by atoms with E-state index in [1.54, 1.807) is 13.8 Å². The summed E-state index contributed by atoms with van der Waals surface area (Å²) in [6, 6.07) is 0.662. The number of phenols is 1. The van der Waals surface area contributed by atoms with E-state index in [0.717, 1.165) is 0 Å². The van der Waals surface area contributed by atoms with Crippen LogP contribution in [-0.2, 0) is 35.2 Å². The minimum Gasteiger partial charge on any atom is -0.508 e. The second-order valence-corrected chi connectivity index (χ2v) is 9.10. The third kappa shape index (κ3) is 11.2. The summed E-state index contributed by atoms with van der Waals surface area (Å²) in [5.74, 6) is -6.24. The van der Waals surface area contributed by atoms with E-state index in [2.05, 4.69) is 16.0 Å². The molecule has 10 N–H and O–H groups in total. The van der Waals surface area contributed by atoms with Gasteiger partial charge in [0, 0.05) is 19.3 Å². The Morgan fingerprint density at radius 1 is 0.789 bits per heavy atom. The van der Waals surface area contributed by atoms with Gasteiger partial charge in [0.2, 0.25) is 23.6 Å². The van der Waals surface area contributed by atoms with Gasteiger partial charge in [-0.2, -0.15) is 0 Å². The normalized spacial score (nSPS) is 14.0. The first kappa shape index (κ1) is 31.8. The third-order valence-electron chi connectivity index (χ3n) is 5.60. The summed E-state index contributed by atoms with van der Waals surface area (Å²) in [5.41, 5.74) is 11.6. The molecule has 1 rings (SSSR count). The molecule has 0 aromatic heterocycles. The molecule has 210 valence electrons. The molecule has 0 fully saturated rings. The highest BCUT2D eigenvalue weighted by atomic mass is 16.4. The van der Waals surface area contributed by atoms with Gasteiger partial charge in [-0.25, -0.2) is 4.79 Å². The Kier molecular flexibility index (Phi) is 12.7. The van der Waals surface area contributed by atoms with Crippen LogP contribution < -0.4 is 27.4 Å². The number of carboxylic acids is 2. The van der Waals surface area contributed by atoms with Crippen molar-refractivity contribution >= 4 is 35.6 Å². The molecule has 14 heteroatoms. The topological polar surface area (TPSA) is 251 Å². The van der Waals surface area contributed by atoms with Crippen molar-refractivity contribution in [1.82, 2.24) is 16.0 Å². The Labute approximate surface area is 219 Å². The SMILES string of the molecule is CC(C)C(N)C(=O)NC(Cc1ccc(O)cc1)C(=O)NC(CCC(N)=O)C(=O)NC(CCC(=O)O)C(=O)O. The molecule has 1 aromatic rings. The fourth-order valence-corrected chi connectivity index (χ4v) is 3.27. The van der Waals surface area contributed by atoms with Gasteiger partial charge in [-0.15, -0.1) is 0 Å². The number of amides is 4. The molecular formula is C24H35N5O9. The van der Waals surface area contributed by atoms with E-state index in [9.17, 15) is 39.0 Å². The number of nitrogens with one attached hydrogen (secondary N) is 3. The Morgan fingerprint density at radius 3 is 1.79 bits per heavy atom. The lowest BCUT2D eigenvalue weighted by atomic mass is 10.0. The first-order valence-electron chi connectivity index (χ1n) is 11.9. The summed E-state index contributed by atoms with van der Waals surface area (Å²) in [6.45, 7) is 3.43. The Balaban J connectivity index is 3.16. The predicted octanol–water partition coefficient (Wildman–Crippen LogP) is -1.41. The van der Waals surface area contributed by atoms with E-state index in [4.69, 9.17) is 16.6 Å². The second-order valence-electron chi connectivity index (χ2n) is 9.10. The zero-order valence-electron chi connectivity index (χ0n) is 21.2. The molecule has 4 unspecified atom stereocenters. The summed E-state index contributed by atoms with van der Waals surface area (Å²) >= 11 is 0. The van der Waals surface area contributed by atoms with Gasteiger partial charge in [0.1, 0.15) is 23.9 Å². The van der Waals surface area contributed by atoms with E-state index >= 15 is 0 Å². The predicted molar refractivity (Wildman–Crippen MR) is 133 cm³/mol. The van der Waals surface area contributed by atoms with Crippen molar-refractivity contribution in [3.05, 3.63) is 29.8 Å². The molecule has 0 radical (unpaired) electrons. The van der Waals surface area contributed by atoms with E-state index in [0.29, 0.717) is 5.56 Å². The van der Waals surface area contributed by atoms with Crippen LogP contribution in [0.4, 0.5) is 0 Å². The summed E-state index contributed by atoms with van der Waals surface area (Å²) in [7, 11) is 0. The van der Waals surface area contributed by atoms with Gasteiger partial charge >= 0.3 is 11.9 Å². The third-order valence-corrected chi connectivity index (χ3v) is 5.60. The number of aromatic hydroxyl groups is 1. The van der Waals surface area contributed by atoms with Crippen LogP contribution in [0.2, 0.25) is 0 Å². The number of rotatable bonds is 16. The van der Waals surface area contributed by atoms with E-state index in [-0.39, 0.29) is 30.9 Å². The van der Waals surface area contributed by atoms with Crippen molar-refractivity contribution < 1.29 is 44.1 Å². The highest BCUT2D eigenvalue weighted by Crippen LogP contribution is 2.12. The fraction of sp³-hybridized carbons (Fsp3) is 0.500. The number of benzene rings is 1. The number of carboxylic acid groups (broad SMARTS) is 2. The number of nitrogens with two attached hydrogens (primary N) is 2. The molecule has 0 bridgehead atoms. The van der Waals surface area contributed by atoms with Crippen LogP contribution in [0.1, 0.15) is 45.1 Å². The van der Waals surface area contributed by atoms with Crippen LogP contribution in [0, 0.1) is 5.92 Å². The highest BCUT2D eigenvalue weighted by Gasteiger charge is 2.31. The Hall–Kier alpha value is -4.20. The minimum absolute atomic E-state index is 0.0142. The second kappa shape index (κ2) is 15.1. The lowest BCUT2D eigenvalue weighted by Gasteiger charge is -2.25. The minimum atomic E-state index is -1.57. The van der Waals surface area contributed by atoms with Crippen molar-refractivity contribution in [1.29, 1.82) is 0 Å². The van der Waals surface area contributed by atoms with Crippen LogP contribution in [-0.4, -0.2) is 75.1 Å². The van der Waals surface area contributed by atoms with Crippen LogP contribution in [0.3, 0.4) is 0 Å². The standard InChI is InChI=1S/C24H35N5O9/c1-12(2)20(26)23(36)29-17(11-13-3-5-14(30)6-4-13)22(35)27-15(7-9-18(25)31)21(34)28-16(24(37)38)8-10-19(32)33/h3-6,12,15-17,20,30H,7-11,26H2,1-2H3,(H2,25,31)(H,27,35)(H,28,34)(H,29,36)(H,32,33)(H,37,38). The summed E-state index contributed by atoms with van der Waals surface area (Å²) in [6.07, 6.45) is -1.63. The van der Waals surface area contributed by atoms with Crippen LogP contribution >= 0.6 is 0 Å². The molecule has 14 nitrogen and oxygen atoms in total. The first-order chi connectivity index (χ1) is 17.7. The van der Waals surface area contributed by atoms with E-state index in [1.807, 2.05) is 0 Å². The average Bonchev–Trinajstić information content (AvgIpc) is 2.83. The monoisotopic (exact) mass is 537 g/mol. The van der Waals surface area contributed by atoms with Crippen molar-refractivity contribution in [2.24, 2.45) is 17.4 Å². The lowest BCUT2D eigenvalue weighted by molar-refractivity contribution is -0.143. The molecule has 0 aliphatic heterocycles. The van der Waals surface area contributed by atoms with Gasteiger partial charge in [-0.3, -0.25) is 24.0 Å². The van der Waals surface area contributed by atoms with Gasteiger partial charge in [-0.05, 0) is 36.5 Å². The van der Waals surface area contributed by atoms with E-state index in [1.165, 1.54) is 24.3 Å². The zero-order valence-corrected chi connectivity index (χ0v) is 21.2. The zero-order chi connectivity index (χ0) is 29.0. The number of aliphatic carboxylic acids is 2. The largest absolute Gasteiger partial charge is 0.508 e. The number of carbonyl (C=O) groups excluding carboxylic acids is 4. The van der Waals surface area contributed by atoms with Crippen LogP contribution in [0.25, 0.3) is 0 Å². The molecule has 38 heavy (non-hydrogen) atoms. The molecule has 4 amide bonds. The molecule has 4 atom stereocenters. The molecule has 0 aliphatic carbocycles. The molecule has 0 heterocycles. The van der Waals surface area contributed by atoms with Gasteiger partial charge in [0.05, 0.1) is 6.04 Å². The van der Waals surface area contributed by atoms with Gasteiger partial charge in [-0.1, -0.05) is 26.0 Å². The number of hydrogen-bond donors (Lipinski definition) is 8. The van der Waals surface area contributed by atoms with Crippen LogP contribution in [0.15, 0.2) is 24.3 Å². The fourth-order valence-electron chi connectivity index (χ4n) is 3.27. The maximum Gasteiger partial charge on any atom is 0.326 e. The summed E-state index contributed by atoms with van der Waals surface area (Å²) in [5, 5.41) is 34.8. The van der Waals surface area contributed by atoms with Crippen LogP contribution in [0.5, 0.6) is 5.75 Å². The quantitative estimate of drug-likeness (QED) is 0.122. The summed E-state index contributed by atoms with van der Waals surface area (Å²) < 4.78 is 0. The van der Waals surface area contributed by atoms with Crippen molar-refractivity contribution in [3.63, 3.8) is 0 Å². The van der Waals surface area contributed by atoms with E-state index < -0.39 is 72.6 Å². The van der Waals surface area contributed by atoms with Crippen molar-refractivity contribution in [2.75, 3.05) is 0 Å². The molecule has 0 aliphatic rings. The molecule has 1 aromatic carbocycles. The van der Waals surface area contributed by atoms with Gasteiger partial charge in [0.15, 0.2) is 0 Å². The maximum atomic E-state index is 13.2. The maximum absolute atomic E-state index is 13.2. The molecule has 0 saturated heterocycles. The molecule has 0 spiro atoms. The Bertz CT molecular complexity index is 1010. The first-order valence-corrected chi connectivity index (χ1v) is 11.9. The lowest BCUT2D eigenvalue weighted by Crippen LogP contribution is -2.58. The van der Waals surface area contributed by atoms with Gasteiger partial charge < -0.3 is 42.7 Å². The number of phenolic OH excluding ortho intramolecular Hbond substituents is 1. The van der Waals surface area contributed by atoms with Gasteiger partial charge in [0.25, 0.3) is 0 Å². The number of hydrogen-bond acceptors (Lipinski definition) is 8. The number of carbonyl (C=O) groups is 6. The smallest absolute Gasteiger partial charge is 0.326 e. The Morgan fingerprint density at radius 2 is 1.29 bits per heavy atom.